The highest BCUT2D eigenvalue weighted by Gasteiger charge is 2.42. The van der Waals surface area contributed by atoms with Crippen LogP contribution < -0.4 is 5.73 Å². The van der Waals surface area contributed by atoms with Gasteiger partial charge in [-0.25, -0.2) is 0 Å². The molecule has 1 aliphatic carbocycles. The van der Waals surface area contributed by atoms with Gasteiger partial charge in [0.2, 0.25) is 5.95 Å². The molecule has 0 aliphatic heterocycles. The monoisotopic (exact) mass is 138 g/mol. The summed E-state index contributed by atoms with van der Waals surface area (Å²) in [4.78, 5) is 4.06. The van der Waals surface area contributed by atoms with E-state index >= 15 is 0 Å². The van der Waals surface area contributed by atoms with Crippen LogP contribution in [0.25, 0.3) is 0 Å². The van der Waals surface area contributed by atoms with Crippen LogP contribution in [0.15, 0.2) is 0 Å². The number of aromatic nitrogens is 3. The number of H-pyrrole nitrogens is 1. The van der Waals surface area contributed by atoms with Gasteiger partial charge in [0, 0.05) is 5.41 Å². The third kappa shape index (κ3) is 0.683. The molecule has 1 aromatic rings. The zero-order valence-electron chi connectivity index (χ0n) is 5.89. The van der Waals surface area contributed by atoms with Crippen molar-refractivity contribution < 1.29 is 0 Å². The van der Waals surface area contributed by atoms with E-state index in [1.165, 1.54) is 12.8 Å². The zero-order chi connectivity index (χ0) is 7.19. The quantitative estimate of drug-likeness (QED) is 0.591. The van der Waals surface area contributed by atoms with Gasteiger partial charge < -0.3 is 5.73 Å². The number of hydrogen-bond acceptors (Lipinski definition) is 3. The lowest BCUT2D eigenvalue weighted by Crippen LogP contribution is -2.02. The minimum absolute atomic E-state index is 0.255. The second kappa shape index (κ2) is 1.51. The summed E-state index contributed by atoms with van der Waals surface area (Å²) in [6.45, 7) is 2.16. The highest BCUT2D eigenvalue weighted by Crippen LogP contribution is 2.45. The van der Waals surface area contributed by atoms with Crippen molar-refractivity contribution in [2.75, 3.05) is 5.73 Å². The minimum atomic E-state index is 0.255. The molecule has 0 bridgehead atoms. The van der Waals surface area contributed by atoms with Crippen molar-refractivity contribution in [3.05, 3.63) is 5.82 Å². The molecule has 4 heteroatoms. The van der Waals surface area contributed by atoms with Gasteiger partial charge >= 0.3 is 0 Å². The Morgan fingerprint density at radius 1 is 1.60 bits per heavy atom. The lowest BCUT2D eigenvalue weighted by molar-refractivity contribution is 0.714. The van der Waals surface area contributed by atoms with Gasteiger partial charge in [0.25, 0.3) is 0 Å². The predicted octanol–water partition coefficient (Wildman–Crippen LogP) is 0.438. The second-order valence-electron chi connectivity index (χ2n) is 3.10. The Balaban J connectivity index is 2.34. The Morgan fingerprint density at radius 3 is 2.70 bits per heavy atom. The summed E-state index contributed by atoms with van der Waals surface area (Å²) >= 11 is 0. The van der Waals surface area contributed by atoms with E-state index < -0.39 is 0 Å². The summed E-state index contributed by atoms with van der Waals surface area (Å²) in [5.41, 5.74) is 5.60. The van der Waals surface area contributed by atoms with Crippen LogP contribution in [0.3, 0.4) is 0 Å². The topological polar surface area (TPSA) is 67.6 Å². The molecule has 1 aromatic heterocycles. The maximum Gasteiger partial charge on any atom is 0.239 e. The molecule has 0 atom stereocenters. The van der Waals surface area contributed by atoms with Crippen molar-refractivity contribution >= 4 is 5.95 Å². The van der Waals surface area contributed by atoms with Gasteiger partial charge in [0.15, 0.2) is 0 Å². The van der Waals surface area contributed by atoms with E-state index in [0.717, 1.165) is 5.82 Å². The van der Waals surface area contributed by atoms with E-state index in [1.807, 2.05) is 0 Å². The van der Waals surface area contributed by atoms with Crippen molar-refractivity contribution in [1.29, 1.82) is 0 Å². The highest BCUT2D eigenvalue weighted by atomic mass is 15.3. The third-order valence-electron chi connectivity index (χ3n) is 2.07. The highest BCUT2D eigenvalue weighted by molar-refractivity contribution is 5.21. The molecule has 10 heavy (non-hydrogen) atoms. The maximum absolute atomic E-state index is 5.35. The van der Waals surface area contributed by atoms with Gasteiger partial charge in [-0.2, -0.15) is 4.98 Å². The molecule has 1 fully saturated rings. The number of nitrogens with zero attached hydrogens (tertiary/aromatic N) is 2. The van der Waals surface area contributed by atoms with E-state index in [0.29, 0.717) is 5.95 Å². The molecule has 4 nitrogen and oxygen atoms in total. The summed E-state index contributed by atoms with van der Waals surface area (Å²) in [5.74, 6) is 1.29. The second-order valence-corrected chi connectivity index (χ2v) is 3.10. The van der Waals surface area contributed by atoms with Crippen LogP contribution in [0.5, 0.6) is 0 Å². The number of aromatic amines is 1. The first-order chi connectivity index (χ1) is 4.71. The van der Waals surface area contributed by atoms with Crippen molar-refractivity contribution in [1.82, 2.24) is 15.2 Å². The van der Waals surface area contributed by atoms with Crippen LogP contribution in [-0.4, -0.2) is 15.2 Å². The minimum Gasteiger partial charge on any atom is -0.367 e. The van der Waals surface area contributed by atoms with E-state index in [-0.39, 0.29) is 5.41 Å². The molecule has 1 aliphatic rings. The molecule has 0 saturated heterocycles. The number of nitrogens with one attached hydrogen (secondary N) is 1. The SMILES string of the molecule is CC1(c2nc(N)n[nH]2)CC1. The van der Waals surface area contributed by atoms with Crippen molar-refractivity contribution in [2.45, 2.75) is 25.2 Å². The molecule has 0 unspecified atom stereocenters. The smallest absolute Gasteiger partial charge is 0.239 e. The van der Waals surface area contributed by atoms with Crippen molar-refractivity contribution in [3.8, 4) is 0 Å². The number of hydrogen-bond donors (Lipinski definition) is 2. The van der Waals surface area contributed by atoms with E-state index in [4.69, 9.17) is 5.73 Å². The van der Waals surface area contributed by atoms with Gasteiger partial charge in [-0.1, -0.05) is 6.92 Å². The average Bonchev–Trinajstić information content (AvgIpc) is 2.45. The Kier molecular flexibility index (Phi) is 0.859. The van der Waals surface area contributed by atoms with Crippen LogP contribution in [-0.2, 0) is 5.41 Å². The molecule has 1 saturated carbocycles. The van der Waals surface area contributed by atoms with Crippen LogP contribution in [0.4, 0.5) is 5.95 Å². The Bertz CT molecular complexity index is 248. The molecule has 54 valence electrons. The lowest BCUT2D eigenvalue weighted by atomic mass is 10.1. The summed E-state index contributed by atoms with van der Waals surface area (Å²) < 4.78 is 0. The fourth-order valence-corrected chi connectivity index (χ4v) is 0.969. The number of nitrogen functional groups attached to an aromatic ring is 1. The normalized spacial score (nSPS) is 20.9. The molecule has 3 N–H and O–H groups in total. The summed E-state index contributed by atoms with van der Waals surface area (Å²) in [6.07, 6.45) is 2.39. The maximum atomic E-state index is 5.35. The number of rotatable bonds is 1. The Morgan fingerprint density at radius 2 is 2.30 bits per heavy atom. The Hall–Kier alpha value is -1.06. The van der Waals surface area contributed by atoms with Gasteiger partial charge in [0.1, 0.15) is 5.82 Å². The first-order valence-electron chi connectivity index (χ1n) is 3.39. The largest absolute Gasteiger partial charge is 0.367 e. The van der Waals surface area contributed by atoms with Crippen molar-refractivity contribution in [3.63, 3.8) is 0 Å². The molecular formula is C6H10N4. The molecule has 0 amide bonds. The van der Waals surface area contributed by atoms with Crippen molar-refractivity contribution in [2.24, 2.45) is 0 Å². The van der Waals surface area contributed by atoms with Gasteiger partial charge in [-0.3, -0.25) is 5.10 Å². The Labute approximate surface area is 58.8 Å². The molecule has 2 rings (SSSR count). The van der Waals surface area contributed by atoms with E-state index in [9.17, 15) is 0 Å². The molecular weight excluding hydrogens is 128 g/mol. The van der Waals surface area contributed by atoms with E-state index in [1.54, 1.807) is 0 Å². The first kappa shape index (κ1) is 5.70. The summed E-state index contributed by atoms with van der Waals surface area (Å²) in [7, 11) is 0. The van der Waals surface area contributed by atoms with Gasteiger partial charge in [0.05, 0.1) is 0 Å². The first-order valence-corrected chi connectivity index (χ1v) is 3.39. The van der Waals surface area contributed by atoms with Crippen LogP contribution >= 0.6 is 0 Å². The number of nitrogens with two attached hydrogens (primary N) is 1. The van der Waals surface area contributed by atoms with Gasteiger partial charge in [-0.05, 0) is 12.8 Å². The molecule has 0 radical (unpaired) electrons. The summed E-state index contributed by atoms with van der Waals surface area (Å²) in [6, 6.07) is 0. The summed E-state index contributed by atoms with van der Waals surface area (Å²) in [5, 5.41) is 6.59. The molecule has 0 spiro atoms. The lowest BCUT2D eigenvalue weighted by Gasteiger charge is -1.98. The number of anilines is 1. The van der Waals surface area contributed by atoms with Gasteiger partial charge in [-0.15, -0.1) is 5.10 Å². The van der Waals surface area contributed by atoms with Crippen LogP contribution in [0, 0.1) is 0 Å². The van der Waals surface area contributed by atoms with Crippen LogP contribution in [0.1, 0.15) is 25.6 Å². The third-order valence-corrected chi connectivity index (χ3v) is 2.07. The standard InChI is InChI=1S/C6H10N4/c1-6(2-3-6)4-8-5(7)10-9-4/h2-3H2,1H3,(H3,7,8,9,10). The average molecular weight is 138 g/mol. The molecule has 1 heterocycles. The molecule has 0 aromatic carbocycles. The fourth-order valence-electron chi connectivity index (χ4n) is 0.969. The fraction of sp³-hybridized carbons (Fsp3) is 0.667. The zero-order valence-corrected chi connectivity index (χ0v) is 5.89. The van der Waals surface area contributed by atoms with Crippen LogP contribution in [0.2, 0.25) is 0 Å². The predicted molar refractivity (Wildman–Crippen MR) is 37.4 cm³/mol. The van der Waals surface area contributed by atoms with E-state index in [2.05, 4.69) is 22.1 Å².